The molecule has 338 valence electrons. The third-order valence-corrected chi connectivity index (χ3v) is 11.0. The van der Waals surface area contributed by atoms with Gasteiger partial charge in [0.25, 0.3) is 0 Å². The van der Waals surface area contributed by atoms with Crippen molar-refractivity contribution < 1.29 is 28.8 Å². The quantitative estimate of drug-likeness (QED) is 0.0708. The molecule has 0 saturated carbocycles. The Bertz CT molecular complexity index is 1240. The van der Waals surface area contributed by atoms with E-state index in [0.717, 1.165) is 51.9 Å². The molecule has 0 fully saturated rings. The molecule has 4 amide bonds. The monoisotopic (exact) mass is 823 g/mol. The highest BCUT2D eigenvalue weighted by Gasteiger charge is 2.41. The number of carbonyl (C=O) groups excluding carboxylic acids is 6. The molecule has 0 bridgehead atoms. The van der Waals surface area contributed by atoms with Gasteiger partial charge in [0.2, 0.25) is 23.6 Å². The Morgan fingerprint density at radius 3 is 1.34 bits per heavy atom. The van der Waals surface area contributed by atoms with Crippen LogP contribution >= 0.6 is 0 Å². The first-order chi connectivity index (χ1) is 27.1. The maximum absolute atomic E-state index is 14.3. The summed E-state index contributed by atoms with van der Waals surface area (Å²) in [6.45, 7) is 19.7. The second-order valence-corrected chi connectivity index (χ2v) is 18.3. The Labute approximate surface area is 353 Å². The van der Waals surface area contributed by atoms with E-state index in [1.807, 2.05) is 63.1 Å². The molecule has 0 aliphatic rings. The number of hydrogen-bond acceptors (Lipinski definition) is 10. The zero-order valence-electron chi connectivity index (χ0n) is 39.1. The van der Waals surface area contributed by atoms with Crippen LogP contribution in [0, 0.1) is 28.6 Å². The van der Waals surface area contributed by atoms with Gasteiger partial charge in [-0.3, -0.25) is 28.8 Å². The van der Waals surface area contributed by atoms with Crippen LogP contribution in [0.2, 0.25) is 0 Å². The molecule has 4 N–H and O–H groups in total. The van der Waals surface area contributed by atoms with Crippen molar-refractivity contribution in [2.45, 2.75) is 113 Å². The van der Waals surface area contributed by atoms with Crippen molar-refractivity contribution in [1.29, 1.82) is 0 Å². The van der Waals surface area contributed by atoms with Crippen LogP contribution in [0.1, 0.15) is 113 Å². The Morgan fingerprint density at radius 2 is 0.879 bits per heavy atom. The lowest BCUT2D eigenvalue weighted by Gasteiger charge is -2.33. The van der Waals surface area contributed by atoms with E-state index in [-0.39, 0.29) is 67.3 Å². The molecule has 3 atom stereocenters. The zero-order chi connectivity index (χ0) is 44.5. The number of ketones is 2. The van der Waals surface area contributed by atoms with E-state index >= 15 is 0 Å². The van der Waals surface area contributed by atoms with E-state index in [1.165, 1.54) is 0 Å². The van der Waals surface area contributed by atoms with Gasteiger partial charge in [0.15, 0.2) is 0 Å². The molecule has 0 aliphatic carbocycles. The standard InChI is InChI=1S/C44H86N8O6/c1-14-17-19-45-38(54)30-34(16-3)40(56)44(6,7)33-35(41(57)48-22-24-52(13)28-26-50(10)11)29-37(53)43(4,5)32-36(42(58)47-20-18-15-2)31-39(55)46-21-23-51(12)27-25-49(8)9/h34-36H,14-33H2,1-13H3,(H,45,54)(H,46,55)(H,47,58)(H,48,57). The topological polar surface area (TPSA) is 164 Å². The Hall–Kier alpha value is -2.94. The molecule has 14 nitrogen and oxygen atoms in total. The first kappa shape index (κ1) is 55.1. The predicted octanol–water partition coefficient (Wildman–Crippen LogP) is 3.44. The lowest BCUT2D eigenvalue weighted by atomic mass is 9.70. The van der Waals surface area contributed by atoms with Gasteiger partial charge in [0.1, 0.15) is 11.6 Å². The van der Waals surface area contributed by atoms with Gasteiger partial charge in [0.05, 0.1) is 0 Å². The summed E-state index contributed by atoms with van der Waals surface area (Å²) in [7, 11) is 12.0. The lowest BCUT2D eigenvalue weighted by molar-refractivity contribution is -0.140. The average molecular weight is 823 g/mol. The van der Waals surface area contributed by atoms with Crippen molar-refractivity contribution in [2.75, 3.05) is 108 Å². The van der Waals surface area contributed by atoms with Crippen LogP contribution in [0.4, 0.5) is 0 Å². The third kappa shape index (κ3) is 24.2. The summed E-state index contributed by atoms with van der Waals surface area (Å²) in [5.74, 6) is -3.40. The number of amides is 4. The van der Waals surface area contributed by atoms with Gasteiger partial charge in [-0.2, -0.15) is 0 Å². The Morgan fingerprint density at radius 1 is 0.483 bits per heavy atom. The predicted molar refractivity (Wildman–Crippen MR) is 235 cm³/mol. The smallest absolute Gasteiger partial charge is 0.223 e. The van der Waals surface area contributed by atoms with Crippen LogP contribution in [-0.4, -0.2) is 163 Å². The Balaban J connectivity index is 6.20. The van der Waals surface area contributed by atoms with Gasteiger partial charge in [-0.1, -0.05) is 61.3 Å². The van der Waals surface area contributed by atoms with Gasteiger partial charge in [0, 0.05) is 113 Å². The molecule has 0 rings (SSSR count). The number of rotatable bonds is 34. The van der Waals surface area contributed by atoms with Crippen molar-refractivity contribution in [2.24, 2.45) is 28.6 Å². The largest absolute Gasteiger partial charge is 0.356 e. The van der Waals surface area contributed by atoms with Gasteiger partial charge >= 0.3 is 0 Å². The fraction of sp³-hybridized carbons (Fsp3) is 0.864. The maximum Gasteiger partial charge on any atom is 0.223 e. The molecular weight excluding hydrogens is 737 g/mol. The van der Waals surface area contributed by atoms with E-state index in [0.29, 0.717) is 45.7 Å². The highest BCUT2D eigenvalue weighted by molar-refractivity contribution is 5.93. The third-order valence-electron chi connectivity index (χ3n) is 11.0. The minimum atomic E-state index is -1.05. The molecule has 0 aromatic carbocycles. The van der Waals surface area contributed by atoms with Crippen molar-refractivity contribution in [1.82, 2.24) is 40.9 Å². The van der Waals surface area contributed by atoms with Gasteiger partial charge < -0.3 is 40.9 Å². The van der Waals surface area contributed by atoms with E-state index in [2.05, 4.69) is 40.9 Å². The summed E-state index contributed by atoms with van der Waals surface area (Å²) in [6.07, 6.45) is 4.12. The van der Waals surface area contributed by atoms with Gasteiger partial charge in [-0.25, -0.2) is 0 Å². The van der Waals surface area contributed by atoms with Crippen LogP contribution in [0.25, 0.3) is 0 Å². The second-order valence-electron chi connectivity index (χ2n) is 18.3. The van der Waals surface area contributed by atoms with Gasteiger partial charge in [-0.15, -0.1) is 0 Å². The number of carbonyl (C=O) groups is 6. The minimum absolute atomic E-state index is 0.0622. The summed E-state index contributed by atoms with van der Waals surface area (Å²) in [5.41, 5.74) is -2.05. The van der Waals surface area contributed by atoms with Crippen LogP contribution in [0.3, 0.4) is 0 Å². The molecule has 0 aliphatic heterocycles. The normalized spacial score (nSPS) is 13.7. The number of unbranched alkanes of at least 4 members (excludes halogenated alkanes) is 2. The summed E-state index contributed by atoms with van der Waals surface area (Å²) in [6, 6.07) is 0. The van der Waals surface area contributed by atoms with Gasteiger partial charge in [-0.05, 0) is 74.4 Å². The van der Waals surface area contributed by atoms with Crippen LogP contribution in [0.15, 0.2) is 0 Å². The van der Waals surface area contributed by atoms with Crippen LogP contribution < -0.4 is 21.3 Å². The Kier molecular flexibility index (Phi) is 27.8. The van der Waals surface area contributed by atoms with Crippen molar-refractivity contribution in [3.8, 4) is 0 Å². The van der Waals surface area contributed by atoms with Crippen LogP contribution in [-0.2, 0) is 28.8 Å². The SMILES string of the molecule is CCCCNC(=O)CC(CC)C(=O)C(C)(C)CC(CC(=O)C(C)(C)CC(CC(=O)NCCN(C)CCN(C)C)C(=O)NCCCC)C(=O)NCCN(C)CCN(C)C. The van der Waals surface area contributed by atoms with Crippen molar-refractivity contribution in [3.05, 3.63) is 0 Å². The molecule has 0 saturated heterocycles. The molecule has 3 unspecified atom stereocenters. The lowest BCUT2D eigenvalue weighted by Crippen LogP contribution is -2.44. The average Bonchev–Trinajstić information content (AvgIpc) is 3.14. The van der Waals surface area contributed by atoms with E-state index in [1.54, 1.807) is 27.7 Å². The summed E-state index contributed by atoms with van der Waals surface area (Å²) in [4.78, 5) is 90.2. The summed E-state index contributed by atoms with van der Waals surface area (Å²) >= 11 is 0. The zero-order valence-corrected chi connectivity index (χ0v) is 39.1. The molecule has 14 heteroatoms. The molecule has 0 aromatic heterocycles. The molecule has 0 spiro atoms. The van der Waals surface area contributed by atoms with E-state index in [9.17, 15) is 28.8 Å². The highest BCUT2D eigenvalue weighted by Crippen LogP contribution is 2.36. The fourth-order valence-corrected chi connectivity index (χ4v) is 6.83. The summed E-state index contributed by atoms with van der Waals surface area (Å²) in [5, 5.41) is 11.9. The maximum atomic E-state index is 14.3. The highest BCUT2D eigenvalue weighted by atomic mass is 16.2. The number of likely N-dealkylation sites (N-methyl/N-ethyl adjacent to an activating group) is 4. The van der Waals surface area contributed by atoms with E-state index in [4.69, 9.17) is 0 Å². The number of hydrogen-bond donors (Lipinski definition) is 4. The fourth-order valence-electron chi connectivity index (χ4n) is 6.83. The molecule has 0 aromatic rings. The molecule has 0 heterocycles. The number of nitrogens with zero attached hydrogens (tertiary/aromatic N) is 4. The number of Topliss-reactive ketones (excluding diaryl/α,β-unsaturated/α-hetero) is 2. The second kappa shape index (κ2) is 29.3. The van der Waals surface area contributed by atoms with Crippen molar-refractivity contribution in [3.63, 3.8) is 0 Å². The molecule has 0 radical (unpaired) electrons. The van der Waals surface area contributed by atoms with E-state index < -0.39 is 28.6 Å². The molecule has 58 heavy (non-hydrogen) atoms. The summed E-state index contributed by atoms with van der Waals surface area (Å²) < 4.78 is 0. The number of nitrogens with one attached hydrogen (secondary N) is 4. The minimum Gasteiger partial charge on any atom is -0.356 e. The van der Waals surface area contributed by atoms with Crippen LogP contribution in [0.5, 0.6) is 0 Å². The first-order valence-electron chi connectivity index (χ1n) is 21.9. The van der Waals surface area contributed by atoms with Crippen molar-refractivity contribution >= 4 is 35.2 Å². The molecular formula is C44H86N8O6. The first-order valence-corrected chi connectivity index (χ1v) is 21.9.